The lowest BCUT2D eigenvalue weighted by Crippen LogP contribution is -2.67. The first-order chi connectivity index (χ1) is 11.6. The summed E-state index contributed by atoms with van der Waals surface area (Å²) in [6.45, 7) is 0. The highest BCUT2D eigenvalue weighted by atomic mass is 16.5. The Morgan fingerprint density at radius 2 is 2.04 bits per heavy atom. The van der Waals surface area contributed by atoms with Crippen molar-refractivity contribution in [3.8, 4) is 5.75 Å². The molecule has 4 aliphatic carbocycles. The van der Waals surface area contributed by atoms with E-state index in [1.807, 2.05) is 18.2 Å². The van der Waals surface area contributed by atoms with E-state index in [-0.39, 0.29) is 23.7 Å². The summed E-state index contributed by atoms with van der Waals surface area (Å²) in [5.74, 6) is 1.41. The molecule has 5 aliphatic rings. The smallest absolute Gasteiger partial charge is 0.258 e. The molecule has 126 valence electrons. The Hall–Kier alpha value is -2.04. The number of benzene rings is 1. The summed E-state index contributed by atoms with van der Waals surface area (Å²) in [4.78, 5) is 25.1. The fourth-order valence-corrected chi connectivity index (χ4v) is 4.82. The topological polar surface area (TPSA) is 67.4 Å². The highest BCUT2D eigenvalue weighted by Crippen LogP contribution is 2.52. The van der Waals surface area contributed by atoms with Crippen molar-refractivity contribution in [2.75, 3.05) is 0 Å². The summed E-state index contributed by atoms with van der Waals surface area (Å²) in [6, 6.07) is 7.83. The fourth-order valence-electron chi connectivity index (χ4n) is 4.82. The number of hydrogen-bond acceptors (Lipinski definition) is 3. The highest BCUT2D eigenvalue weighted by molar-refractivity contribution is 5.98. The zero-order valence-corrected chi connectivity index (χ0v) is 13.6. The maximum absolute atomic E-state index is 12.5. The van der Waals surface area contributed by atoms with Crippen LogP contribution in [0.4, 0.5) is 0 Å². The van der Waals surface area contributed by atoms with Gasteiger partial charge in [0, 0.05) is 24.3 Å². The molecule has 2 amide bonds. The molecule has 1 heterocycles. The van der Waals surface area contributed by atoms with Crippen LogP contribution < -0.4 is 15.4 Å². The second kappa shape index (κ2) is 4.98. The van der Waals surface area contributed by atoms with Crippen LogP contribution in [0.2, 0.25) is 0 Å². The number of fused-ring (bicyclic) bond motifs is 3. The van der Waals surface area contributed by atoms with Crippen LogP contribution >= 0.6 is 0 Å². The summed E-state index contributed by atoms with van der Waals surface area (Å²) in [7, 11) is 0. The second-order valence-electron chi connectivity index (χ2n) is 7.81. The van der Waals surface area contributed by atoms with Crippen molar-refractivity contribution in [1.29, 1.82) is 0 Å². The molecule has 4 fully saturated rings. The van der Waals surface area contributed by atoms with E-state index < -0.39 is 5.72 Å². The summed E-state index contributed by atoms with van der Waals surface area (Å²) in [6.07, 6.45) is 5.85. The molecule has 4 atom stereocenters. The van der Waals surface area contributed by atoms with E-state index in [4.69, 9.17) is 4.74 Å². The van der Waals surface area contributed by atoms with Gasteiger partial charge in [-0.2, -0.15) is 0 Å². The molecule has 1 aliphatic heterocycles. The molecule has 5 heteroatoms. The van der Waals surface area contributed by atoms with E-state index in [0.29, 0.717) is 23.3 Å². The van der Waals surface area contributed by atoms with Crippen molar-refractivity contribution in [2.45, 2.75) is 50.3 Å². The molecule has 6 rings (SSSR count). The number of carbonyl (C=O) groups is 2. The predicted octanol–water partition coefficient (Wildman–Crippen LogP) is 2.22. The molecular weight excluding hydrogens is 304 g/mol. The minimum Gasteiger partial charge on any atom is -0.467 e. The molecule has 1 spiro atoms. The monoisotopic (exact) mass is 326 g/mol. The highest BCUT2D eigenvalue weighted by Gasteiger charge is 2.57. The minimum absolute atomic E-state index is 0.0524. The molecule has 0 unspecified atom stereocenters. The van der Waals surface area contributed by atoms with Crippen molar-refractivity contribution >= 4 is 11.8 Å². The molecule has 0 saturated heterocycles. The maximum Gasteiger partial charge on any atom is 0.258 e. The Kier molecular flexibility index (Phi) is 2.97. The van der Waals surface area contributed by atoms with Gasteiger partial charge in [-0.25, -0.2) is 0 Å². The van der Waals surface area contributed by atoms with Gasteiger partial charge in [0.05, 0.1) is 5.56 Å². The average molecular weight is 326 g/mol. The lowest BCUT2D eigenvalue weighted by atomic mass is 9.60. The Morgan fingerprint density at radius 3 is 2.79 bits per heavy atom. The van der Waals surface area contributed by atoms with Crippen LogP contribution in [0.5, 0.6) is 5.75 Å². The van der Waals surface area contributed by atoms with Gasteiger partial charge in [-0.15, -0.1) is 0 Å². The van der Waals surface area contributed by atoms with Crippen molar-refractivity contribution in [3.63, 3.8) is 0 Å². The lowest BCUT2D eigenvalue weighted by molar-refractivity contribution is -0.146. The van der Waals surface area contributed by atoms with Crippen LogP contribution in [0.3, 0.4) is 0 Å². The lowest BCUT2D eigenvalue weighted by Gasteiger charge is -2.55. The van der Waals surface area contributed by atoms with Gasteiger partial charge < -0.3 is 15.4 Å². The number of amides is 2. The van der Waals surface area contributed by atoms with Crippen molar-refractivity contribution < 1.29 is 14.3 Å². The first-order valence-corrected chi connectivity index (χ1v) is 9.05. The fraction of sp³-hybridized carbons (Fsp3) is 0.579. The molecule has 2 N–H and O–H groups in total. The van der Waals surface area contributed by atoms with Crippen molar-refractivity contribution in [2.24, 2.45) is 17.8 Å². The number of hydrogen-bond donors (Lipinski definition) is 2. The van der Waals surface area contributed by atoms with Gasteiger partial charge in [0.1, 0.15) is 5.75 Å². The summed E-state index contributed by atoms with van der Waals surface area (Å²) < 4.78 is 6.32. The van der Waals surface area contributed by atoms with Crippen LogP contribution in [-0.4, -0.2) is 23.6 Å². The Bertz CT molecular complexity index is 714. The third-order valence-corrected chi connectivity index (χ3v) is 6.23. The van der Waals surface area contributed by atoms with Gasteiger partial charge in [-0.05, 0) is 50.2 Å². The Balaban J connectivity index is 1.40. The Labute approximate surface area is 141 Å². The van der Waals surface area contributed by atoms with Gasteiger partial charge in [0.25, 0.3) is 5.91 Å². The molecule has 24 heavy (non-hydrogen) atoms. The van der Waals surface area contributed by atoms with Gasteiger partial charge in [0.2, 0.25) is 5.91 Å². The van der Waals surface area contributed by atoms with E-state index in [9.17, 15) is 9.59 Å². The maximum atomic E-state index is 12.5. The first-order valence-electron chi connectivity index (χ1n) is 9.05. The quantitative estimate of drug-likeness (QED) is 0.876. The molecule has 1 aromatic rings. The van der Waals surface area contributed by atoms with Crippen LogP contribution in [0.15, 0.2) is 24.3 Å². The van der Waals surface area contributed by atoms with Gasteiger partial charge in [-0.1, -0.05) is 12.1 Å². The van der Waals surface area contributed by atoms with Crippen molar-refractivity contribution in [1.82, 2.24) is 10.6 Å². The van der Waals surface area contributed by atoms with Crippen LogP contribution in [-0.2, 0) is 4.79 Å². The molecule has 0 radical (unpaired) electrons. The summed E-state index contributed by atoms with van der Waals surface area (Å²) in [5.41, 5.74) is -0.0161. The van der Waals surface area contributed by atoms with Gasteiger partial charge in [0.15, 0.2) is 5.72 Å². The SMILES string of the molecule is O=C1N[C@@]2(C[C@H]3CC[C@H]2C[C@@H]3C(=O)NC2CC2)Oc2ccccc21. The average Bonchev–Trinajstić information content (AvgIpc) is 3.39. The van der Waals surface area contributed by atoms with Crippen molar-refractivity contribution in [3.05, 3.63) is 29.8 Å². The van der Waals surface area contributed by atoms with Gasteiger partial charge in [-0.3, -0.25) is 9.59 Å². The summed E-state index contributed by atoms with van der Waals surface area (Å²) >= 11 is 0. The van der Waals surface area contributed by atoms with E-state index in [0.717, 1.165) is 38.5 Å². The normalized spacial score (nSPS) is 36.7. The van der Waals surface area contributed by atoms with Crippen LogP contribution in [0.25, 0.3) is 0 Å². The molecule has 2 bridgehead atoms. The molecular formula is C19H22N2O3. The largest absolute Gasteiger partial charge is 0.467 e. The number of ether oxygens (including phenoxy) is 1. The zero-order chi connectivity index (χ0) is 16.3. The second-order valence-corrected chi connectivity index (χ2v) is 7.81. The third-order valence-electron chi connectivity index (χ3n) is 6.23. The standard InChI is InChI=1S/C19H22N2O3/c22-17(20-13-7-8-13)15-9-12-6-5-11(15)10-19(12)21-18(23)14-3-1-2-4-16(14)24-19/h1-4,11-13,15H,5-10H2,(H,20,22)(H,21,23)/t11-,12+,15+,19+/m1/s1. The van der Waals surface area contributed by atoms with Gasteiger partial charge >= 0.3 is 0 Å². The minimum atomic E-state index is -0.620. The summed E-state index contributed by atoms with van der Waals surface area (Å²) in [5, 5.41) is 6.30. The van der Waals surface area contributed by atoms with E-state index in [1.165, 1.54) is 0 Å². The Morgan fingerprint density at radius 1 is 1.21 bits per heavy atom. The molecule has 5 nitrogen and oxygen atoms in total. The number of nitrogens with one attached hydrogen (secondary N) is 2. The predicted molar refractivity (Wildman–Crippen MR) is 87.4 cm³/mol. The molecule has 0 aromatic heterocycles. The number of para-hydroxylation sites is 1. The number of carbonyl (C=O) groups excluding carboxylic acids is 2. The van der Waals surface area contributed by atoms with Crippen LogP contribution in [0.1, 0.15) is 48.9 Å². The van der Waals surface area contributed by atoms with Crippen LogP contribution in [0, 0.1) is 17.8 Å². The van der Waals surface area contributed by atoms with E-state index in [2.05, 4.69) is 10.6 Å². The van der Waals surface area contributed by atoms with E-state index in [1.54, 1.807) is 6.07 Å². The molecule has 1 aromatic carbocycles. The van der Waals surface area contributed by atoms with E-state index >= 15 is 0 Å². The number of rotatable bonds is 2. The zero-order valence-electron chi connectivity index (χ0n) is 13.6. The molecule has 4 saturated carbocycles. The first kappa shape index (κ1) is 14.3. The third kappa shape index (κ3) is 2.14.